The third-order valence-electron chi connectivity index (χ3n) is 6.91. The zero-order valence-corrected chi connectivity index (χ0v) is 22.1. The van der Waals surface area contributed by atoms with Crippen LogP contribution < -0.4 is 4.74 Å². The predicted molar refractivity (Wildman–Crippen MR) is 144 cm³/mol. The molecule has 1 aliphatic rings. The van der Waals surface area contributed by atoms with E-state index < -0.39 is 5.41 Å². The van der Waals surface area contributed by atoms with Gasteiger partial charge in [-0.25, -0.2) is 0 Å². The summed E-state index contributed by atoms with van der Waals surface area (Å²) in [6.07, 6.45) is 6.78. The van der Waals surface area contributed by atoms with Gasteiger partial charge >= 0.3 is 0 Å². The second-order valence-corrected chi connectivity index (χ2v) is 10.4. The predicted octanol–water partition coefficient (Wildman–Crippen LogP) is 5.05. The summed E-state index contributed by atoms with van der Waals surface area (Å²) in [4.78, 5) is 30.2. The lowest BCUT2D eigenvalue weighted by atomic mass is 9.77. The third kappa shape index (κ3) is 7.83. The van der Waals surface area contributed by atoms with E-state index in [1.165, 1.54) is 0 Å². The summed E-state index contributed by atoms with van der Waals surface area (Å²) in [7, 11) is 1.84. The van der Waals surface area contributed by atoms with Gasteiger partial charge in [-0.05, 0) is 49.1 Å². The van der Waals surface area contributed by atoms with Gasteiger partial charge in [0.05, 0.1) is 6.61 Å². The van der Waals surface area contributed by atoms with Gasteiger partial charge in [0.15, 0.2) is 0 Å². The SMILES string of the molecule is CN(Cc1ccccc1)C(=O)C[C@@]1(COc2cccc(Cl)c2)CCCN(C(=O)CCCn2cccn2)C1. The molecule has 2 amide bonds. The Balaban J connectivity index is 1.43. The number of halogens is 1. The maximum absolute atomic E-state index is 13.4. The van der Waals surface area contributed by atoms with Crippen molar-refractivity contribution in [3.8, 4) is 5.75 Å². The van der Waals surface area contributed by atoms with Gasteiger partial charge in [-0.1, -0.05) is 48.0 Å². The number of hydrogen-bond donors (Lipinski definition) is 0. The first-order valence-corrected chi connectivity index (χ1v) is 13.2. The Kier molecular flexibility index (Phi) is 9.23. The van der Waals surface area contributed by atoms with E-state index in [4.69, 9.17) is 16.3 Å². The number of carbonyl (C=O) groups is 2. The minimum Gasteiger partial charge on any atom is -0.493 e. The fraction of sp³-hybridized carbons (Fsp3) is 0.414. The summed E-state index contributed by atoms with van der Waals surface area (Å²) in [5, 5.41) is 4.81. The van der Waals surface area contributed by atoms with Crippen molar-refractivity contribution in [2.75, 3.05) is 26.7 Å². The van der Waals surface area contributed by atoms with Crippen LogP contribution in [0.1, 0.15) is 37.7 Å². The molecule has 8 heteroatoms. The number of benzene rings is 2. The molecule has 0 N–H and O–H groups in total. The molecule has 3 aromatic rings. The number of piperidine rings is 1. The molecule has 0 bridgehead atoms. The van der Waals surface area contributed by atoms with E-state index in [1.54, 1.807) is 23.2 Å². The van der Waals surface area contributed by atoms with Crippen LogP contribution in [0.2, 0.25) is 5.02 Å². The summed E-state index contributed by atoms with van der Waals surface area (Å²) in [5.74, 6) is 0.829. The van der Waals surface area contributed by atoms with Crippen LogP contribution in [-0.2, 0) is 22.7 Å². The Hall–Kier alpha value is -3.32. The standard InChI is InChI=1S/C29H35ClN4O3/c1-32(21-24-9-3-2-4-10-24)28(36)20-29(23-37-26-12-5-11-25(30)19-26)14-7-16-33(22-29)27(35)13-6-17-34-18-8-15-31-34/h2-5,8-12,15,18-19H,6-7,13-14,16-17,20-23H2,1H3/t29-/m0/s1. The number of amides is 2. The molecule has 0 unspecified atom stereocenters. The highest BCUT2D eigenvalue weighted by atomic mass is 35.5. The number of likely N-dealkylation sites (tertiary alicyclic amines) is 1. The maximum Gasteiger partial charge on any atom is 0.223 e. The molecule has 1 atom stereocenters. The smallest absolute Gasteiger partial charge is 0.223 e. The van der Waals surface area contributed by atoms with Crippen molar-refractivity contribution < 1.29 is 14.3 Å². The first-order valence-electron chi connectivity index (χ1n) is 12.8. The lowest BCUT2D eigenvalue weighted by Gasteiger charge is -2.43. The molecule has 1 aliphatic heterocycles. The highest BCUT2D eigenvalue weighted by Gasteiger charge is 2.40. The third-order valence-corrected chi connectivity index (χ3v) is 7.14. The molecule has 0 aliphatic carbocycles. The van der Waals surface area contributed by atoms with Gasteiger partial charge in [-0.3, -0.25) is 14.3 Å². The molecule has 196 valence electrons. The highest BCUT2D eigenvalue weighted by molar-refractivity contribution is 6.30. The largest absolute Gasteiger partial charge is 0.493 e. The first-order chi connectivity index (χ1) is 17.9. The van der Waals surface area contributed by atoms with Crippen LogP contribution >= 0.6 is 11.6 Å². The summed E-state index contributed by atoms with van der Waals surface area (Å²) in [6, 6.07) is 19.1. The molecule has 0 radical (unpaired) electrons. The summed E-state index contributed by atoms with van der Waals surface area (Å²) >= 11 is 6.15. The fourth-order valence-electron chi connectivity index (χ4n) is 4.91. The minimum atomic E-state index is -0.472. The zero-order chi connectivity index (χ0) is 26.1. The minimum absolute atomic E-state index is 0.0477. The Morgan fingerprint density at radius 2 is 1.97 bits per heavy atom. The molecule has 7 nitrogen and oxygen atoms in total. The number of hydrogen-bond acceptors (Lipinski definition) is 4. The van der Waals surface area contributed by atoms with Crippen molar-refractivity contribution in [3.05, 3.63) is 83.6 Å². The monoisotopic (exact) mass is 522 g/mol. The van der Waals surface area contributed by atoms with Gasteiger partial charge in [-0.15, -0.1) is 0 Å². The van der Waals surface area contributed by atoms with E-state index in [9.17, 15) is 9.59 Å². The number of ether oxygens (including phenoxy) is 1. The fourth-order valence-corrected chi connectivity index (χ4v) is 5.09. The van der Waals surface area contributed by atoms with E-state index in [1.807, 2.05) is 71.4 Å². The van der Waals surface area contributed by atoms with E-state index >= 15 is 0 Å². The number of rotatable bonds is 11. The molecular formula is C29H35ClN4O3. The van der Waals surface area contributed by atoms with Crippen molar-refractivity contribution in [3.63, 3.8) is 0 Å². The second kappa shape index (κ2) is 12.8. The zero-order valence-electron chi connectivity index (χ0n) is 21.4. The van der Waals surface area contributed by atoms with Crippen LogP contribution in [0.15, 0.2) is 73.1 Å². The quantitative estimate of drug-likeness (QED) is 0.353. The number of aryl methyl sites for hydroxylation is 1. The highest BCUT2D eigenvalue weighted by Crippen LogP contribution is 2.36. The summed E-state index contributed by atoms with van der Waals surface area (Å²) < 4.78 is 8.02. The molecule has 0 spiro atoms. The lowest BCUT2D eigenvalue weighted by Crippen LogP contribution is -2.50. The summed E-state index contributed by atoms with van der Waals surface area (Å²) in [6.45, 7) is 2.79. The Labute approximate surface area is 224 Å². The number of carbonyl (C=O) groups excluding carboxylic acids is 2. The van der Waals surface area contributed by atoms with Crippen molar-refractivity contribution >= 4 is 23.4 Å². The van der Waals surface area contributed by atoms with Crippen LogP contribution in [0, 0.1) is 5.41 Å². The van der Waals surface area contributed by atoms with Gasteiger partial charge in [0.25, 0.3) is 0 Å². The molecular weight excluding hydrogens is 488 g/mol. The van der Waals surface area contributed by atoms with E-state index in [0.29, 0.717) is 56.4 Å². The van der Waals surface area contributed by atoms with Crippen LogP contribution in [0.25, 0.3) is 0 Å². The van der Waals surface area contributed by atoms with Gasteiger partial charge in [0.2, 0.25) is 11.8 Å². The van der Waals surface area contributed by atoms with E-state index in [0.717, 1.165) is 24.8 Å². The summed E-state index contributed by atoms with van der Waals surface area (Å²) in [5.41, 5.74) is 0.612. The molecule has 1 aromatic heterocycles. The molecule has 1 saturated heterocycles. The van der Waals surface area contributed by atoms with E-state index in [2.05, 4.69) is 5.10 Å². The average molecular weight is 523 g/mol. The van der Waals surface area contributed by atoms with Gasteiger partial charge in [0, 0.05) is 68.9 Å². The topological polar surface area (TPSA) is 67.7 Å². The Morgan fingerprint density at radius 1 is 1.14 bits per heavy atom. The van der Waals surface area contributed by atoms with Crippen molar-refractivity contribution in [2.45, 2.75) is 45.2 Å². The van der Waals surface area contributed by atoms with Crippen LogP contribution in [-0.4, -0.2) is 58.1 Å². The lowest BCUT2D eigenvalue weighted by molar-refractivity contribution is -0.141. The van der Waals surface area contributed by atoms with Crippen LogP contribution in [0.5, 0.6) is 5.75 Å². The molecule has 2 aromatic carbocycles. The van der Waals surface area contributed by atoms with Crippen molar-refractivity contribution in [2.24, 2.45) is 5.41 Å². The number of aromatic nitrogens is 2. The average Bonchev–Trinajstić information content (AvgIpc) is 3.42. The Bertz CT molecular complexity index is 1150. The maximum atomic E-state index is 13.4. The van der Waals surface area contributed by atoms with Gasteiger partial charge in [-0.2, -0.15) is 5.10 Å². The second-order valence-electron chi connectivity index (χ2n) is 9.95. The molecule has 4 rings (SSSR count). The first kappa shape index (κ1) is 26.7. The van der Waals surface area contributed by atoms with Crippen molar-refractivity contribution in [1.29, 1.82) is 0 Å². The van der Waals surface area contributed by atoms with Crippen LogP contribution in [0.4, 0.5) is 0 Å². The molecule has 37 heavy (non-hydrogen) atoms. The number of nitrogens with zero attached hydrogens (tertiary/aromatic N) is 4. The van der Waals surface area contributed by atoms with E-state index in [-0.39, 0.29) is 11.8 Å². The normalized spacial score (nSPS) is 17.4. The van der Waals surface area contributed by atoms with Gasteiger partial charge in [0.1, 0.15) is 5.75 Å². The van der Waals surface area contributed by atoms with Crippen LogP contribution in [0.3, 0.4) is 0 Å². The van der Waals surface area contributed by atoms with Gasteiger partial charge < -0.3 is 14.5 Å². The Morgan fingerprint density at radius 3 is 2.73 bits per heavy atom. The van der Waals surface area contributed by atoms with Crippen molar-refractivity contribution in [1.82, 2.24) is 19.6 Å². The molecule has 1 fully saturated rings. The molecule has 2 heterocycles. The molecule has 0 saturated carbocycles.